The van der Waals surface area contributed by atoms with Crippen LogP contribution in [0.25, 0.3) is 0 Å². The summed E-state index contributed by atoms with van der Waals surface area (Å²) in [5.41, 5.74) is 5.25. The molecule has 1 saturated heterocycles. The van der Waals surface area contributed by atoms with Gasteiger partial charge >= 0.3 is 0 Å². The lowest BCUT2D eigenvalue weighted by Gasteiger charge is -2.17. The summed E-state index contributed by atoms with van der Waals surface area (Å²) < 4.78 is 38.1. The monoisotopic (exact) mass is 319 g/mol. The second-order valence-corrected chi connectivity index (χ2v) is 5.07. The molecule has 1 aliphatic rings. The Balaban J connectivity index is 2.25. The minimum atomic E-state index is -1.42. The van der Waals surface area contributed by atoms with Gasteiger partial charge in [-0.1, -0.05) is 0 Å². The molecule has 0 spiro atoms. The topological polar surface area (TPSA) is 105 Å². The summed E-state index contributed by atoms with van der Waals surface area (Å²) >= 11 is 0. The van der Waals surface area contributed by atoms with Crippen molar-refractivity contribution >= 4 is 0 Å². The van der Waals surface area contributed by atoms with Crippen molar-refractivity contribution in [2.45, 2.75) is 31.0 Å². The van der Waals surface area contributed by atoms with Gasteiger partial charge in [0.25, 0.3) is 0 Å². The standard InChI is InChI=1S/C14H19F2NO5/c15-9-4-10(16)8(3-7(9)6-21-2-1-17)14-13(20)12(19)11(5-18)22-14/h3-4,11-14,18-20H,1-2,5-6,17H2/t11-,12+,13?,14+/m1/s1. The maximum absolute atomic E-state index is 14.0. The van der Waals surface area contributed by atoms with E-state index in [1.807, 2.05) is 0 Å². The molecule has 1 heterocycles. The van der Waals surface area contributed by atoms with E-state index in [1.54, 1.807) is 0 Å². The molecular formula is C14H19F2NO5. The van der Waals surface area contributed by atoms with Crippen LogP contribution in [0.3, 0.4) is 0 Å². The van der Waals surface area contributed by atoms with E-state index in [0.717, 1.165) is 0 Å². The van der Waals surface area contributed by atoms with Crippen molar-refractivity contribution in [1.29, 1.82) is 0 Å². The fourth-order valence-corrected chi connectivity index (χ4v) is 2.36. The quantitative estimate of drug-likeness (QED) is 0.532. The van der Waals surface area contributed by atoms with Gasteiger partial charge in [0, 0.05) is 23.7 Å². The largest absolute Gasteiger partial charge is 0.394 e. The Labute approximate surface area is 126 Å². The Morgan fingerprint density at radius 3 is 2.50 bits per heavy atom. The van der Waals surface area contributed by atoms with Crippen molar-refractivity contribution in [2.24, 2.45) is 5.73 Å². The highest BCUT2D eigenvalue weighted by Gasteiger charge is 2.44. The molecule has 5 N–H and O–H groups in total. The van der Waals surface area contributed by atoms with Crippen LogP contribution in [0.1, 0.15) is 17.2 Å². The molecule has 1 fully saturated rings. The van der Waals surface area contributed by atoms with E-state index in [9.17, 15) is 19.0 Å². The maximum atomic E-state index is 14.0. The third kappa shape index (κ3) is 3.43. The second-order valence-electron chi connectivity index (χ2n) is 5.07. The van der Waals surface area contributed by atoms with Crippen molar-refractivity contribution in [3.8, 4) is 0 Å². The van der Waals surface area contributed by atoms with Crippen LogP contribution in [0.2, 0.25) is 0 Å². The third-order valence-corrected chi connectivity index (χ3v) is 3.53. The Morgan fingerprint density at radius 2 is 1.91 bits per heavy atom. The van der Waals surface area contributed by atoms with Gasteiger partial charge in [-0.05, 0) is 6.07 Å². The van der Waals surface area contributed by atoms with E-state index in [0.29, 0.717) is 6.07 Å². The van der Waals surface area contributed by atoms with Crippen molar-refractivity contribution in [3.05, 3.63) is 34.9 Å². The van der Waals surface area contributed by atoms with Crippen LogP contribution in [0.5, 0.6) is 0 Å². The fraction of sp³-hybridized carbons (Fsp3) is 0.571. The fourth-order valence-electron chi connectivity index (χ4n) is 2.36. The number of nitrogens with two attached hydrogens (primary N) is 1. The SMILES string of the molecule is NCCOCc1cc([C@@H]2O[C@H](CO)[C@H](O)C2O)c(F)cc1F. The second kappa shape index (κ2) is 7.40. The Hall–Kier alpha value is -1.16. The van der Waals surface area contributed by atoms with Crippen molar-refractivity contribution in [2.75, 3.05) is 19.8 Å². The summed E-state index contributed by atoms with van der Waals surface area (Å²) in [7, 11) is 0. The van der Waals surface area contributed by atoms with E-state index in [1.165, 1.54) is 6.07 Å². The molecule has 22 heavy (non-hydrogen) atoms. The molecule has 0 amide bonds. The first-order chi connectivity index (χ1) is 10.5. The average Bonchev–Trinajstić information content (AvgIpc) is 2.77. The highest BCUT2D eigenvalue weighted by Crippen LogP contribution is 2.35. The van der Waals surface area contributed by atoms with E-state index < -0.39 is 42.7 Å². The molecule has 1 aromatic carbocycles. The molecule has 0 aromatic heterocycles. The molecule has 2 rings (SSSR count). The summed E-state index contributed by atoms with van der Waals surface area (Å²) in [6, 6.07) is 1.85. The molecular weight excluding hydrogens is 300 g/mol. The summed E-state index contributed by atoms with van der Waals surface area (Å²) in [6.45, 7) is -0.139. The molecule has 1 aliphatic heterocycles. The third-order valence-electron chi connectivity index (χ3n) is 3.53. The lowest BCUT2D eigenvalue weighted by molar-refractivity contribution is -0.0237. The number of benzene rings is 1. The average molecular weight is 319 g/mol. The molecule has 124 valence electrons. The summed E-state index contributed by atoms with van der Waals surface area (Å²) in [5.74, 6) is -1.69. The molecule has 0 aliphatic carbocycles. The number of rotatable bonds is 6. The zero-order valence-electron chi connectivity index (χ0n) is 11.8. The zero-order valence-corrected chi connectivity index (χ0v) is 11.8. The van der Waals surface area contributed by atoms with Gasteiger partial charge in [-0.2, -0.15) is 0 Å². The summed E-state index contributed by atoms with van der Waals surface area (Å²) in [6.07, 6.45) is -4.99. The van der Waals surface area contributed by atoms with Crippen LogP contribution >= 0.6 is 0 Å². The Morgan fingerprint density at radius 1 is 1.18 bits per heavy atom. The van der Waals surface area contributed by atoms with E-state index >= 15 is 0 Å². The molecule has 1 aromatic rings. The highest BCUT2D eigenvalue weighted by molar-refractivity contribution is 5.30. The van der Waals surface area contributed by atoms with E-state index in [-0.39, 0.29) is 30.9 Å². The van der Waals surface area contributed by atoms with Gasteiger partial charge in [0.1, 0.15) is 36.1 Å². The van der Waals surface area contributed by atoms with Crippen LogP contribution < -0.4 is 5.73 Å². The van der Waals surface area contributed by atoms with E-state index in [4.69, 9.17) is 20.3 Å². The molecule has 0 radical (unpaired) electrons. The normalized spacial score (nSPS) is 28.3. The predicted octanol–water partition coefficient (Wildman–Crippen LogP) is -0.406. The van der Waals surface area contributed by atoms with Gasteiger partial charge in [0.05, 0.1) is 19.8 Å². The number of halogens is 2. The van der Waals surface area contributed by atoms with Crippen LogP contribution in [0.4, 0.5) is 8.78 Å². The van der Waals surface area contributed by atoms with Gasteiger partial charge in [-0.3, -0.25) is 0 Å². The molecule has 8 heteroatoms. The van der Waals surface area contributed by atoms with Crippen LogP contribution in [-0.2, 0) is 16.1 Å². The number of aliphatic hydroxyl groups is 3. The Kier molecular flexibility index (Phi) is 5.79. The molecule has 1 unspecified atom stereocenters. The van der Waals surface area contributed by atoms with Gasteiger partial charge < -0.3 is 30.5 Å². The first-order valence-corrected chi connectivity index (χ1v) is 6.87. The highest BCUT2D eigenvalue weighted by atomic mass is 19.1. The smallest absolute Gasteiger partial charge is 0.132 e. The number of ether oxygens (including phenoxy) is 2. The lowest BCUT2D eigenvalue weighted by Crippen LogP contribution is -2.32. The minimum absolute atomic E-state index is 0.0857. The number of hydrogen-bond acceptors (Lipinski definition) is 6. The predicted molar refractivity (Wildman–Crippen MR) is 71.8 cm³/mol. The van der Waals surface area contributed by atoms with E-state index in [2.05, 4.69) is 0 Å². The van der Waals surface area contributed by atoms with Gasteiger partial charge in [0.15, 0.2) is 0 Å². The number of hydrogen-bond donors (Lipinski definition) is 4. The van der Waals surface area contributed by atoms with Crippen LogP contribution in [0.15, 0.2) is 12.1 Å². The molecule has 0 saturated carbocycles. The lowest BCUT2D eigenvalue weighted by atomic mass is 9.99. The zero-order chi connectivity index (χ0) is 16.3. The van der Waals surface area contributed by atoms with Gasteiger partial charge in [0.2, 0.25) is 0 Å². The molecule has 4 atom stereocenters. The first-order valence-electron chi connectivity index (χ1n) is 6.87. The number of aliphatic hydroxyl groups excluding tert-OH is 3. The molecule has 0 bridgehead atoms. The van der Waals surface area contributed by atoms with Gasteiger partial charge in [-0.25, -0.2) is 8.78 Å². The van der Waals surface area contributed by atoms with Crippen LogP contribution in [-0.4, -0.2) is 53.4 Å². The minimum Gasteiger partial charge on any atom is -0.394 e. The van der Waals surface area contributed by atoms with Crippen LogP contribution in [0, 0.1) is 11.6 Å². The van der Waals surface area contributed by atoms with Crippen molar-refractivity contribution in [3.63, 3.8) is 0 Å². The maximum Gasteiger partial charge on any atom is 0.132 e. The van der Waals surface area contributed by atoms with Gasteiger partial charge in [-0.15, -0.1) is 0 Å². The summed E-state index contributed by atoms with van der Waals surface area (Å²) in [5, 5.41) is 28.7. The van der Waals surface area contributed by atoms with Crippen molar-refractivity contribution < 1.29 is 33.6 Å². The summed E-state index contributed by atoms with van der Waals surface area (Å²) in [4.78, 5) is 0. The first kappa shape index (κ1) is 17.2. The Bertz CT molecular complexity index is 516. The van der Waals surface area contributed by atoms with Crippen molar-refractivity contribution in [1.82, 2.24) is 0 Å². The molecule has 6 nitrogen and oxygen atoms in total.